The highest BCUT2D eigenvalue weighted by Crippen LogP contribution is 2.08. The lowest BCUT2D eigenvalue weighted by Gasteiger charge is -2.16. The van der Waals surface area contributed by atoms with Crippen LogP contribution in [0.5, 0.6) is 0 Å². The molecule has 20 heavy (non-hydrogen) atoms. The minimum atomic E-state index is -0.356. The minimum absolute atomic E-state index is 0.170. The fourth-order valence-electron chi connectivity index (χ4n) is 1.74. The zero-order valence-corrected chi connectivity index (χ0v) is 10.8. The van der Waals surface area contributed by atoms with E-state index in [9.17, 15) is 9.59 Å². The highest BCUT2D eigenvalue weighted by atomic mass is 16.2. The Bertz CT molecular complexity index is 710. The molecule has 1 N–H and O–H groups in total. The van der Waals surface area contributed by atoms with Crippen LogP contribution in [0.2, 0.25) is 0 Å². The lowest BCUT2D eigenvalue weighted by Crippen LogP contribution is -2.28. The summed E-state index contributed by atoms with van der Waals surface area (Å²) in [5.41, 5.74) is 1.21. The van der Waals surface area contributed by atoms with Crippen molar-refractivity contribution >= 4 is 5.91 Å². The number of nitrogens with one attached hydrogen (secondary N) is 1. The first kappa shape index (κ1) is 13.5. The van der Waals surface area contributed by atoms with Crippen molar-refractivity contribution in [1.29, 1.82) is 5.26 Å². The molecule has 0 saturated carbocycles. The molecular formula is C14H12N4O2. The van der Waals surface area contributed by atoms with E-state index in [-0.39, 0.29) is 17.2 Å². The quantitative estimate of drug-likeness (QED) is 0.896. The predicted octanol–water partition coefficient (Wildman–Crippen LogP) is 0.914. The van der Waals surface area contributed by atoms with Gasteiger partial charge < -0.3 is 4.90 Å². The molecule has 1 aromatic carbocycles. The van der Waals surface area contributed by atoms with Gasteiger partial charge in [0.25, 0.3) is 11.5 Å². The van der Waals surface area contributed by atoms with Crippen LogP contribution in [0.1, 0.15) is 21.6 Å². The number of carbonyl (C=O) groups excluding carboxylic acids is 1. The Kier molecular flexibility index (Phi) is 3.91. The van der Waals surface area contributed by atoms with Crippen molar-refractivity contribution < 1.29 is 4.79 Å². The van der Waals surface area contributed by atoms with Crippen LogP contribution in [0, 0.1) is 11.3 Å². The van der Waals surface area contributed by atoms with Gasteiger partial charge in [0.2, 0.25) is 0 Å². The number of hydrogen-bond acceptors (Lipinski definition) is 4. The largest absolute Gasteiger partial charge is 0.336 e. The number of carbonyl (C=O) groups is 1. The predicted molar refractivity (Wildman–Crippen MR) is 71.8 cm³/mol. The van der Waals surface area contributed by atoms with Crippen molar-refractivity contribution in [3.05, 3.63) is 63.6 Å². The average molecular weight is 268 g/mol. The average Bonchev–Trinajstić information content (AvgIpc) is 2.47. The van der Waals surface area contributed by atoms with Gasteiger partial charge in [-0.05, 0) is 23.8 Å². The number of aromatic amines is 1. The second-order valence-corrected chi connectivity index (χ2v) is 4.28. The summed E-state index contributed by atoms with van der Waals surface area (Å²) in [4.78, 5) is 24.5. The molecule has 2 aromatic rings. The molecule has 1 amide bonds. The van der Waals surface area contributed by atoms with Gasteiger partial charge in [0.05, 0.1) is 11.6 Å². The zero-order chi connectivity index (χ0) is 14.5. The van der Waals surface area contributed by atoms with Gasteiger partial charge in [-0.3, -0.25) is 9.59 Å². The Balaban J connectivity index is 2.13. The molecule has 0 unspecified atom stereocenters. The standard InChI is InChI=1S/C14H12N4O2/c1-18(9-11-4-2-3-10(7-11)8-15)14(20)12-5-6-13(19)17-16-12/h2-7H,9H2,1H3,(H,17,19). The first-order valence-electron chi connectivity index (χ1n) is 5.90. The van der Waals surface area contributed by atoms with Crippen LogP contribution in [0.25, 0.3) is 0 Å². The summed E-state index contributed by atoms with van der Waals surface area (Å²) in [5.74, 6) is -0.302. The molecule has 0 bridgehead atoms. The van der Waals surface area contributed by atoms with Crippen LogP contribution < -0.4 is 5.56 Å². The molecule has 6 nitrogen and oxygen atoms in total. The fourth-order valence-corrected chi connectivity index (χ4v) is 1.74. The smallest absolute Gasteiger partial charge is 0.274 e. The number of rotatable bonds is 3. The van der Waals surface area contributed by atoms with E-state index in [0.29, 0.717) is 12.1 Å². The van der Waals surface area contributed by atoms with E-state index in [4.69, 9.17) is 5.26 Å². The molecular weight excluding hydrogens is 256 g/mol. The Morgan fingerprint density at radius 3 is 2.85 bits per heavy atom. The molecule has 2 rings (SSSR count). The molecule has 0 aliphatic carbocycles. The van der Waals surface area contributed by atoms with Crippen LogP contribution in [0.4, 0.5) is 0 Å². The van der Waals surface area contributed by atoms with Crippen LogP contribution in [-0.4, -0.2) is 28.1 Å². The normalized spacial score (nSPS) is 9.80. The fraction of sp³-hybridized carbons (Fsp3) is 0.143. The monoisotopic (exact) mass is 268 g/mol. The van der Waals surface area contributed by atoms with Gasteiger partial charge in [0.1, 0.15) is 5.69 Å². The van der Waals surface area contributed by atoms with Crippen molar-refractivity contribution in [2.24, 2.45) is 0 Å². The third-order valence-corrected chi connectivity index (χ3v) is 2.72. The molecule has 0 spiro atoms. The second-order valence-electron chi connectivity index (χ2n) is 4.28. The molecule has 0 saturated heterocycles. The number of nitriles is 1. The number of hydrogen-bond donors (Lipinski definition) is 1. The van der Waals surface area contributed by atoms with E-state index in [1.807, 2.05) is 6.07 Å². The Labute approximate surface area is 115 Å². The molecule has 0 atom stereocenters. The molecule has 1 aromatic heterocycles. The van der Waals surface area contributed by atoms with Gasteiger partial charge >= 0.3 is 0 Å². The number of aromatic nitrogens is 2. The van der Waals surface area contributed by atoms with Gasteiger partial charge in [-0.2, -0.15) is 10.4 Å². The number of H-pyrrole nitrogens is 1. The van der Waals surface area contributed by atoms with Crippen molar-refractivity contribution in [1.82, 2.24) is 15.1 Å². The van der Waals surface area contributed by atoms with Crippen molar-refractivity contribution in [3.8, 4) is 6.07 Å². The maximum atomic E-state index is 12.1. The van der Waals surface area contributed by atoms with Crippen LogP contribution in [0.15, 0.2) is 41.2 Å². The van der Waals surface area contributed by atoms with Crippen LogP contribution >= 0.6 is 0 Å². The number of nitrogens with zero attached hydrogens (tertiary/aromatic N) is 3. The third-order valence-electron chi connectivity index (χ3n) is 2.72. The summed E-state index contributed by atoms with van der Waals surface area (Å²) in [6, 6.07) is 11.7. The van der Waals surface area contributed by atoms with E-state index >= 15 is 0 Å². The zero-order valence-electron chi connectivity index (χ0n) is 10.8. The van der Waals surface area contributed by atoms with Crippen molar-refractivity contribution in [2.75, 3.05) is 7.05 Å². The lowest BCUT2D eigenvalue weighted by molar-refractivity contribution is 0.0778. The highest BCUT2D eigenvalue weighted by Gasteiger charge is 2.13. The van der Waals surface area contributed by atoms with E-state index in [0.717, 1.165) is 5.56 Å². The highest BCUT2D eigenvalue weighted by molar-refractivity contribution is 5.91. The molecule has 0 fully saturated rings. The summed E-state index contributed by atoms with van der Waals surface area (Å²) in [5, 5.41) is 14.8. The summed E-state index contributed by atoms with van der Waals surface area (Å²) < 4.78 is 0. The summed E-state index contributed by atoms with van der Waals surface area (Å²) in [6.45, 7) is 0.356. The maximum Gasteiger partial charge on any atom is 0.274 e. The van der Waals surface area contributed by atoms with Gasteiger partial charge in [-0.15, -0.1) is 0 Å². The molecule has 6 heteroatoms. The Morgan fingerprint density at radius 1 is 1.40 bits per heavy atom. The van der Waals surface area contributed by atoms with Gasteiger partial charge in [-0.1, -0.05) is 12.1 Å². The Hall–Kier alpha value is -2.94. The topological polar surface area (TPSA) is 89.9 Å². The molecule has 0 aliphatic rings. The molecule has 100 valence electrons. The van der Waals surface area contributed by atoms with E-state index in [2.05, 4.69) is 16.3 Å². The molecule has 0 aliphatic heterocycles. The summed E-state index contributed by atoms with van der Waals surface area (Å²) in [7, 11) is 1.63. The number of amides is 1. The minimum Gasteiger partial charge on any atom is -0.336 e. The Morgan fingerprint density at radius 2 is 2.20 bits per heavy atom. The van der Waals surface area contributed by atoms with Gasteiger partial charge in [0.15, 0.2) is 0 Å². The van der Waals surface area contributed by atoms with Crippen molar-refractivity contribution in [2.45, 2.75) is 6.54 Å². The van der Waals surface area contributed by atoms with Crippen LogP contribution in [-0.2, 0) is 6.54 Å². The van der Waals surface area contributed by atoms with E-state index in [1.54, 1.807) is 25.2 Å². The van der Waals surface area contributed by atoms with Gasteiger partial charge in [0, 0.05) is 19.7 Å². The molecule has 0 radical (unpaired) electrons. The third kappa shape index (κ3) is 3.09. The molecule has 1 heterocycles. The van der Waals surface area contributed by atoms with Crippen LogP contribution in [0.3, 0.4) is 0 Å². The van der Waals surface area contributed by atoms with E-state index in [1.165, 1.54) is 17.0 Å². The second kappa shape index (κ2) is 5.80. The maximum absolute atomic E-state index is 12.1. The number of benzene rings is 1. The first-order valence-corrected chi connectivity index (χ1v) is 5.90. The van der Waals surface area contributed by atoms with Crippen molar-refractivity contribution in [3.63, 3.8) is 0 Å². The van der Waals surface area contributed by atoms with E-state index < -0.39 is 0 Å². The van der Waals surface area contributed by atoms with Gasteiger partial charge in [-0.25, -0.2) is 5.10 Å². The SMILES string of the molecule is CN(Cc1cccc(C#N)c1)C(=O)c1ccc(=O)[nH]n1. The first-order chi connectivity index (χ1) is 9.60. The lowest BCUT2D eigenvalue weighted by atomic mass is 10.1. The summed E-state index contributed by atoms with van der Waals surface area (Å²) in [6.07, 6.45) is 0. The summed E-state index contributed by atoms with van der Waals surface area (Å²) >= 11 is 0.